The standard InChI is InChI=1S/C8H11NO2S2/c1-5-6(13-4-9-5)8(2,12)7(10)11-3/h4,12H,1-3H3. The highest BCUT2D eigenvalue weighted by molar-refractivity contribution is 7.82. The van der Waals surface area contributed by atoms with Gasteiger partial charge in [-0.1, -0.05) is 0 Å². The van der Waals surface area contributed by atoms with E-state index in [2.05, 4.69) is 22.3 Å². The molecule has 1 unspecified atom stereocenters. The maximum absolute atomic E-state index is 11.4. The molecule has 0 saturated carbocycles. The normalized spacial score (nSPS) is 15.1. The smallest absolute Gasteiger partial charge is 0.326 e. The van der Waals surface area contributed by atoms with Crippen LogP contribution in [0.4, 0.5) is 0 Å². The van der Waals surface area contributed by atoms with Gasteiger partial charge in [0.1, 0.15) is 4.75 Å². The first-order chi connectivity index (χ1) is 6.00. The SMILES string of the molecule is COC(=O)C(C)(S)c1scnc1C. The largest absolute Gasteiger partial charge is 0.468 e. The summed E-state index contributed by atoms with van der Waals surface area (Å²) in [6.45, 7) is 3.56. The molecule has 0 bridgehead atoms. The molecule has 5 heteroatoms. The molecule has 0 fully saturated rings. The molecule has 1 atom stereocenters. The second kappa shape index (κ2) is 3.67. The average molecular weight is 217 g/mol. The van der Waals surface area contributed by atoms with Crippen molar-refractivity contribution in [2.45, 2.75) is 18.6 Å². The Morgan fingerprint density at radius 3 is 2.77 bits per heavy atom. The lowest BCUT2D eigenvalue weighted by Crippen LogP contribution is -2.27. The van der Waals surface area contributed by atoms with Crippen LogP contribution in [0.15, 0.2) is 5.51 Å². The zero-order valence-corrected chi connectivity index (χ0v) is 9.41. The maximum Gasteiger partial charge on any atom is 0.326 e. The molecule has 13 heavy (non-hydrogen) atoms. The summed E-state index contributed by atoms with van der Waals surface area (Å²) >= 11 is 5.69. The highest BCUT2D eigenvalue weighted by atomic mass is 32.1. The fraction of sp³-hybridized carbons (Fsp3) is 0.500. The summed E-state index contributed by atoms with van der Waals surface area (Å²) < 4.78 is 3.77. The van der Waals surface area contributed by atoms with Crippen LogP contribution < -0.4 is 0 Å². The first-order valence-corrected chi connectivity index (χ1v) is 5.04. The number of thiol groups is 1. The molecule has 0 amide bonds. The minimum absolute atomic E-state index is 0.358. The molecule has 0 saturated heterocycles. The summed E-state index contributed by atoms with van der Waals surface area (Å²) in [5.41, 5.74) is 2.52. The topological polar surface area (TPSA) is 39.2 Å². The van der Waals surface area contributed by atoms with Gasteiger partial charge in [0.25, 0.3) is 0 Å². The Labute approximate surface area is 86.5 Å². The molecule has 0 aliphatic carbocycles. The van der Waals surface area contributed by atoms with Crippen molar-refractivity contribution < 1.29 is 9.53 Å². The van der Waals surface area contributed by atoms with Crippen LogP contribution in [0.3, 0.4) is 0 Å². The highest BCUT2D eigenvalue weighted by Gasteiger charge is 2.35. The summed E-state index contributed by atoms with van der Waals surface area (Å²) in [4.78, 5) is 16.3. The van der Waals surface area contributed by atoms with Crippen molar-refractivity contribution in [3.8, 4) is 0 Å². The van der Waals surface area contributed by atoms with Crippen LogP contribution in [0, 0.1) is 6.92 Å². The van der Waals surface area contributed by atoms with Gasteiger partial charge >= 0.3 is 5.97 Å². The first-order valence-electron chi connectivity index (χ1n) is 3.71. The lowest BCUT2D eigenvalue weighted by Gasteiger charge is -2.19. The van der Waals surface area contributed by atoms with E-state index in [1.54, 1.807) is 12.4 Å². The van der Waals surface area contributed by atoms with Gasteiger partial charge in [-0.05, 0) is 13.8 Å². The number of carbonyl (C=O) groups is 1. The van der Waals surface area contributed by atoms with E-state index >= 15 is 0 Å². The van der Waals surface area contributed by atoms with Crippen molar-refractivity contribution in [1.29, 1.82) is 0 Å². The quantitative estimate of drug-likeness (QED) is 0.606. The lowest BCUT2D eigenvalue weighted by atomic mass is 10.1. The van der Waals surface area contributed by atoms with Gasteiger partial charge in [0.2, 0.25) is 0 Å². The van der Waals surface area contributed by atoms with Crippen molar-refractivity contribution in [2.24, 2.45) is 0 Å². The fourth-order valence-corrected chi connectivity index (χ4v) is 2.32. The number of hydrogen-bond acceptors (Lipinski definition) is 5. The molecule has 1 rings (SSSR count). The number of hydrogen-bond donors (Lipinski definition) is 1. The van der Waals surface area contributed by atoms with Crippen molar-refractivity contribution in [2.75, 3.05) is 7.11 Å². The van der Waals surface area contributed by atoms with Crippen LogP contribution in [0.5, 0.6) is 0 Å². The van der Waals surface area contributed by atoms with E-state index in [1.807, 2.05) is 6.92 Å². The minimum Gasteiger partial charge on any atom is -0.468 e. The molecule has 3 nitrogen and oxygen atoms in total. The molecule has 1 aromatic heterocycles. The molecule has 72 valence electrons. The highest BCUT2D eigenvalue weighted by Crippen LogP contribution is 2.34. The van der Waals surface area contributed by atoms with E-state index in [0.717, 1.165) is 10.6 Å². The molecule has 0 aliphatic rings. The van der Waals surface area contributed by atoms with E-state index in [0.29, 0.717) is 0 Å². The van der Waals surface area contributed by atoms with Gasteiger partial charge in [-0.2, -0.15) is 12.6 Å². The molecule has 0 radical (unpaired) electrons. The molecule has 0 aromatic carbocycles. The number of nitrogens with zero attached hydrogens (tertiary/aromatic N) is 1. The summed E-state index contributed by atoms with van der Waals surface area (Å²) in [5.74, 6) is -0.358. The summed E-state index contributed by atoms with van der Waals surface area (Å²) in [7, 11) is 1.35. The number of methoxy groups -OCH3 is 1. The fourth-order valence-electron chi connectivity index (χ4n) is 1.06. The van der Waals surface area contributed by atoms with Crippen molar-refractivity contribution in [3.63, 3.8) is 0 Å². The Bertz CT molecular complexity index is 320. The number of esters is 1. The first kappa shape index (κ1) is 10.5. The van der Waals surface area contributed by atoms with Gasteiger partial charge in [0.15, 0.2) is 0 Å². The third kappa shape index (κ3) is 1.86. The predicted octanol–water partition coefficient (Wildman–Crippen LogP) is 1.77. The van der Waals surface area contributed by atoms with Crippen molar-refractivity contribution in [1.82, 2.24) is 4.98 Å². The van der Waals surface area contributed by atoms with Gasteiger partial charge in [-0.3, -0.25) is 4.79 Å². The van der Waals surface area contributed by atoms with Crippen LogP contribution >= 0.6 is 24.0 Å². The lowest BCUT2D eigenvalue weighted by molar-refractivity contribution is -0.143. The van der Waals surface area contributed by atoms with Gasteiger partial charge in [0.05, 0.1) is 23.2 Å². The molecule has 0 N–H and O–H groups in total. The summed E-state index contributed by atoms with van der Waals surface area (Å²) in [6.07, 6.45) is 0. The van der Waals surface area contributed by atoms with Crippen LogP contribution in [-0.2, 0) is 14.3 Å². The number of aryl methyl sites for hydroxylation is 1. The summed E-state index contributed by atoms with van der Waals surface area (Å²) in [5, 5.41) is 0. The third-order valence-corrected chi connectivity index (χ3v) is 3.48. The van der Waals surface area contributed by atoms with E-state index in [4.69, 9.17) is 0 Å². The zero-order valence-electron chi connectivity index (χ0n) is 7.70. The molecule has 1 aromatic rings. The van der Waals surface area contributed by atoms with Crippen LogP contribution in [0.1, 0.15) is 17.5 Å². The van der Waals surface area contributed by atoms with Crippen LogP contribution in [0.2, 0.25) is 0 Å². The van der Waals surface area contributed by atoms with Crippen LogP contribution in [0.25, 0.3) is 0 Å². The third-order valence-electron chi connectivity index (χ3n) is 1.77. The van der Waals surface area contributed by atoms with Gasteiger partial charge < -0.3 is 4.74 Å². The average Bonchev–Trinajstić information content (AvgIpc) is 2.50. The monoisotopic (exact) mass is 217 g/mol. The minimum atomic E-state index is -0.889. The van der Waals surface area contributed by atoms with E-state index in [-0.39, 0.29) is 5.97 Å². The number of carbonyl (C=O) groups excluding carboxylic acids is 1. The Morgan fingerprint density at radius 1 is 1.77 bits per heavy atom. The number of aromatic nitrogens is 1. The maximum atomic E-state index is 11.4. The molecular formula is C8H11NO2S2. The van der Waals surface area contributed by atoms with E-state index < -0.39 is 4.75 Å². The Morgan fingerprint density at radius 2 is 2.38 bits per heavy atom. The second-order valence-corrected chi connectivity index (χ2v) is 4.58. The van der Waals surface area contributed by atoms with Crippen molar-refractivity contribution >= 4 is 29.9 Å². The summed E-state index contributed by atoms with van der Waals surface area (Å²) in [6, 6.07) is 0. The van der Waals surface area contributed by atoms with Gasteiger partial charge in [-0.15, -0.1) is 11.3 Å². The Hall–Kier alpha value is -0.550. The number of ether oxygens (including phenoxy) is 1. The van der Waals surface area contributed by atoms with Gasteiger partial charge in [-0.25, -0.2) is 4.98 Å². The van der Waals surface area contributed by atoms with E-state index in [9.17, 15) is 4.79 Å². The predicted molar refractivity (Wildman–Crippen MR) is 55.2 cm³/mol. The number of rotatable bonds is 2. The Balaban J connectivity index is 3.07. The van der Waals surface area contributed by atoms with E-state index in [1.165, 1.54) is 18.4 Å². The van der Waals surface area contributed by atoms with Crippen LogP contribution in [-0.4, -0.2) is 18.1 Å². The van der Waals surface area contributed by atoms with Gasteiger partial charge in [0, 0.05) is 0 Å². The molecule has 0 aliphatic heterocycles. The Kier molecular flexibility index (Phi) is 2.98. The molecular weight excluding hydrogens is 206 g/mol. The zero-order chi connectivity index (χ0) is 10.1. The molecule has 1 heterocycles. The second-order valence-electron chi connectivity index (χ2n) is 2.83. The molecule has 0 spiro atoms. The van der Waals surface area contributed by atoms with Crippen molar-refractivity contribution in [3.05, 3.63) is 16.1 Å². The number of thiazole rings is 1.